The van der Waals surface area contributed by atoms with Crippen molar-refractivity contribution in [1.29, 1.82) is 0 Å². The van der Waals surface area contributed by atoms with Gasteiger partial charge in [0.2, 0.25) is 5.91 Å². The molecule has 0 spiro atoms. The number of nitrogens with one attached hydrogen (secondary N) is 2. The van der Waals surface area contributed by atoms with Crippen LogP contribution in [0.4, 0.5) is 20.3 Å². The zero-order valence-corrected chi connectivity index (χ0v) is 15.5. The topological polar surface area (TPSA) is 83.6 Å². The highest BCUT2D eigenvalue weighted by molar-refractivity contribution is 6.04. The van der Waals surface area contributed by atoms with E-state index in [2.05, 4.69) is 20.4 Å². The number of hydrogen-bond donors (Lipinski definition) is 2. The predicted octanol–water partition coefficient (Wildman–Crippen LogP) is 2.49. The lowest BCUT2D eigenvalue weighted by molar-refractivity contribution is -0.120. The molecule has 0 aliphatic carbocycles. The van der Waals surface area contributed by atoms with Crippen molar-refractivity contribution in [1.82, 2.24) is 10.3 Å². The standard InChI is InChI=1S/C19H20F2N4O3/c1-11-7-13(8-12(2)17(11)28-19(20)21)18(27)24-14-3-4-15(23-9-14)25-6-5-22-16(26)10-25/h3-4,7-9,19H,5-6,10H2,1-2H3,(H,22,26)(H,24,27). The molecule has 0 bridgehead atoms. The van der Waals surface area contributed by atoms with Gasteiger partial charge in [0, 0.05) is 18.7 Å². The highest BCUT2D eigenvalue weighted by atomic mass is 19.3. The molecule has 3 rings (SSSR count). The Bertz CT molecular complexity index is 864. The van der Waals surface area contributed by atoms with Crippen molar-refractivity contribution in [3.63, 3.8) is 0 Å². The molecular weight excluding hydrogens is 370 g/mol. The molecule has 0 atom stereocenters. The van der Waals surface area contributed by atoms with Crippen LogP contribution < -0.4 is 20.3 Å². The fourth-order valence-electron chi connectivity index (χ4n) is 3.04. The minimum atomic E-state index is -2.92. The molecule has 1 aromatic heterocycles. The van der Waals surface area contributed by atoms with Crippen LogP contribution in [0.5, 0.6) is 5.75 Å². The molecule has 28 heavy (non-hydrogen) atoms. The molecule has 148 valence electrons. The molecule has 2 amide bonds. The number of aryl methyl sites for hydroxylation is 2. The number of hydrogen-bond acceptors (Lipinski definition) is 5. The molecule has 0 saturated carbocycles. The molecule has 1 aliphatic heterocycles. The van der Waals surface area contributed by atoms with E-state index in [4.69, 9.17) is 0 Å². The van der Waals surface area contributed by atoms with Gasteiger partial charge in [0.15, 0.2) is 0 Å². The first-order valence-corrected chi connectivity index (χ1v) is 8.68. The lowest BCUT2D eigenvalue weighted by Gasteiger charge is -2.27. The van der Waals surface area contributed by atoms with Gasteiger partial charge in [-0.05, 0) is 49.2 Å². The largest absolute Gasteiger partial charge is 0.434 e. The number of benzene rings is 1. The summed E-state index contributed by atoms with van der Waals surface area (Å²) in [7, 11) is 0. The minimum absolute atomic E-state index is 0.0598. The van der Waals surface area contributed by atoms with E-state index in [1.54, 1.807) is 26.0 Å². The summed E-state index contributed by atoms with van der Waals surface area (Å²) >= 11 is 0. The van der Waals surface area contributed by atoms with Crippen LogP contribution in [0.15, 0.2) is 30.5 Å². The maximum Gasteiger partial charge on any atom is 0.387 e. The Kier molecular flexibility index (Phi) is 5.72. The number of pyridine rings is 1. The molecule has 1 aliphatic rings. The molecule has 2 heterocycles. The normalized spacial score (nSPS) is 14.0. The molecule has 1 fully saturated rings. The average Bonchev–Trinajstić information content (AvgIpc) is 2.65. The summed E-state index contributed by atoms with van der Waals surface area (Å²) in [5, 5.41) is 5.47. The number of halogens is 2. The van der Waals surface area contributed by atoms with Gasteiger partial charge >= 0.3 is 6.61 Å². The first-order valence-electron chi connectivity index (χ1n) is 8.68. The Morgan fingerprint density at radius 2 is 2.00 bits per heavy atom. The van der Waals surface area contributed by atoms with Gasteiger partial charge < -0.3 is 20.3 Å². The number of rotatable bonds is 5. The molecule has 7 nitrogen and oxygen atoms in total. The van der Waals surface area contributed by atoms with E-state index < -0.39 is 6.61 Å². The Balaban J connectivity index is 1.70. The van der Waals surface area contributed by atoms with Gasteiger partial charge in [0.25, 0.3) is 5.91 Å². The molecule has 2 aromatic rings. The summed E-state index contributed by atoms with van der Waals surface area (Å²) in [6.07, 6.45) is 1.51. The maximum absolute atomic E-state index is 12.5. The fraction of sp³-hybridized carbons (Fsp3) is 0.316. The van der Waals surface area contributed by atoms with Crippen LogP contribution in [-0.4, -0.2) is 43.0 Å². The van der Waals surface area contributed by atoms with Crippen molar-refractivity contribution in [3.05, 3.63) is 47.2 Å². The summed E-state index contributed by atoms with van der Waals surface area (Å²) in [4.78, 5) is 30.1. The van der Waals surface area contributed by atoms with Crippen molar-refractivity contribution >= 4 is 23.3 Å². The van der Waals surface area contributed by atoms with Crippen LogP contribution in [0.2, 0.25) is 0 Å². The number of ether oxygens (including phenoxy) is 1. The molecule has 0 radical (unpaired) electrons. The molecule has 1 aromatic carbocycles. The molecule has 9 heteroatoms. The Morgan fingerprint density at radius 3 is 2.57 bits per heavy atom. The van der Waals surface area contributed by atoms with E-state index in [1.807, 2.05) is 4.90 Å². The second-order valence-electron chi connectivity index (χ2n) is 6.45. The molecule has 2 N–H and O–H groups in total. The predicted molar refractivity (Wildman–Crippen MR) is 100.0 cm³/mol. The third-order valence-corrected chi connectivity index (χ3v) is 4.30. The smallest absolute Gasteiger partial charge is 0.387 e. The van der Waals surface area contributed by atoms with Gasteiger partial charge in [0.05, 0.1) is 18.4 Å². The Labute approximate surface area is 160 Å². The van der Waals surface area contributed by atoms with Gasteiger partial charge in [-0.25, -0.2) is 4.98 Å². The number of piperazine rings is 1. The van der Waals surface area contributed by atoms with Gasteiger partial charge in [-0.2, -0.15) is 8.78 Å². The second-order valence-corrected chi connectivity index (χ2v) is 6.45. The number of amides is 2. The van der Waals surface area contributed by atoms with Crippen molar-refractivity contribution in [2.75, 3.05) is 29.9 Å². The summed E-state index contributed by atoms with van der Waals surface area (Å²) in [5.41, 5.74) is 1.71. The average molecular weight is 390 g/mol. The number of aromatic nitrogens is 1. The summed E-state index contributed by atoms with van der Waals surface area (Å²) < 4.78 is 29.5. The minimum Gasteiger partial charge on any atom is -0.434 e. The zero-order chi connectivity index (χ0) is 20.3. The van der Waals surface area contributed by atoms with Crippen LogP contribution in [-0.2, 0) is 4.79 Å². The first kappa shape index (κ1) is 19.5. The van der Waals surface area contributed by atoms with E-state index in [-0.39, 0.29) is 24.1 Å². The van der Waals surface area contributed by atoms with E-state index in [9.17, 15) is 18.4 Å². The van der Waals surface area contributed by atoms with E-state index in [0.717, 1.165) is 0 Å². The van der Waals surface area contributed by atoms with Crippen molar-refractivity contribution in [3.8, 4) is 5.75 Å². The highest BCUT2D eigenvalue weighted by Gasteiger charge is 2.18. The number of alkyl halides is 2. The number of nitrogens with zero attached hydrogens (tertiary/aromatic N) is 2. The lowest BCUT2D eigenvalue weighted by atomic mass is 10.1. The molecular formula is C19H20F2N4O3. The monoisotopic (exact) mass is 390 g/mol. The number of carbonyl (C=O) groups is 2. The van der Waals surface area contributed by atoms with Gasteiger partial charge in [0.1, 0.15) is 11.6 Å². The fourth-order valence-corrected chi connectivity index (χ4v) is 3.04. The Morgan fingerprint density at radius 1 is 1.29 bits per heavy atom. The van der Waals surface area contributed by atoms with Crippen LogP contribution in [0.1, 0.15) is 21.5 Å². The highest BCUT2D eigenvalue weighted by Crippen LogP contribution is 2.27. The number of anilines is 2. The zero-order valence-electron chi connectivity index (χ0n) is 15.5. The second kappa shape index (κ2) is 8.20. The van der Waals surface area contributed by atoms with Crippen LogP contribution >= 0.6 is 0 Å². The van der Waals surface area contributed by atoms with Gasteiger partial charge in [-0.15, -0.1) is 0 Å². The number of carbonyl (C=O) groups excluding carboxylic acids is 2. The molecule has 0 unspecified atom stereocenters. The third kappa shape index (κ3) is 4.54. The van der Waals surface area contributed by atoms with Crippen molar-refractivity contribution in [2.24, 2.45) is 0 Å². The van der Waals surface area contributed by atoms with Crippen LogP contribution in [0, 0.1) is 13.8 Å². The van der Waals surface area contributed by atoms with Gasteiger partial charge in [-0.3, -0.25) is 9.59 Å². The lowest BCUT2D eigenvalue weighted by Crippen LogP contribution is -2.48. The van der Waals surface area contributed by atoms with Crippen LogP contribution in [0.25, 0.3) is 0 Å². The Hall–Kier alpha value is -3.23. The first-order chi connectivity index (χ1) is 13.3. The van der Waals surface area contributed by atoms with Crippen molar-refractivity contribution in [2.45, 2.75) is 20.5 Å². The summed E-state index contributed by atoms with van der Waals surface area (Å²) in [6.45, 7) is 1.75. The maximum atomic E-state index is 12.5. The van der Waals surface area contributed by atoms with E-state index in [1.165, 1.54) is 18.3 Å². The summed E-state index contributed by atoms with van der Waals surface area (Å²) in [5.74, 6) is 0.272. The molecule has 1 saturated heterocycles. The van der Waals surface area contributed by atoms with Gasteiger partial charge in [-0.1, -0.05) is 0 Å². The third-order valence-electron chi connectivity index (χ3n) is 4.30. The van der Waals surface area contributed by atoms with Crippen LogP contribution in [0.3, 0.4) is 0 Å². The van der Waals surface area contributed by atoms with E-state index in [0.29, 0.717) is 41.3 Å². The van der Waals surface area contributed by atoms with E-state index >= 15 is 0 Å². The van der Waals surface area contributed by atoms with Crippen molar-refractivity contribution < 1.29 is 23.1 Å². The quantitative estimate of drug-likeness (QED) is 0.820. The SMILES string of the molecule is Cc1cc(C(=O)Nc2ccc(N3CCNC(=O)C3)nc2)cc(C)c1OC(F)F. The summed E-state index contributed by atoms with van der Waals surface area (Å²) in [6, 6.07) is 6.41.